The molecule has 8 heteroatoms. The van der Waals surface area contributed by atoms with Gasteiger partial charge in [-0.1, -0.05) is 0 Å². The van der Waals surface area contributed by atoms with Crippen LogP contribution in [0.3, 0.4) is 0 Å². The van der Waals surface area contributed by atoms with Crippen molar-refractivity contribution in [3.8, 4) is 11.9 Å². The molecular weight excluding hydrogens is 459 g/mol. The van der Waals surface area contributed by atoms with Gasteiger partial charge in [-0.3, -0.25) is 0 Å². The maximum absolute atomic E-state index is 11.7. The summed E-state index contributed by atoms with van der Waals surface area (Å²) in [6, 6.07) is 4.15. The SMILES string of the molecule is CCOc1nc(NC2CCC(N(C(=O)O)C(C)(C)C)CC2)c(I)cc1C#N. The zero-order chi connectivity index (χ0) is 20.2. The summed E-state index contributed by atoms with van der Waals surface area (Å²) < 4.78 is 6.35. The van der Waals surface area contributed by atoms with Crippen LogP contribution in [-0.4, -0.2) is 45.3 Å². The number of hydrogen-bond donors (Lipinski definition) is 2. The number of aromatic nitrogens is 1. The molecule has 1 amide bonds. The number of carboxylic acid groups (broad SMARTS) is 1. The van der Waals surface area contributed by atoms with E-state index in [0.717, 1.165) is 29.3 Å². The molecule has 2 rings (SSSR count). The number of rotatable bonds is 5. The van der Waals surface area contributed by atoms with Gasteiger partial charge in [0.15, 0.2) is 0 Å². The third-order valence-electron chi connectivity index (χ3n) is 4.67. The van der Waals surface area contributed by atoms with Crippen LogP contribution < -0.4 is 10.1 Å². The molecule has 27 heavy (non-hydrogen) atoms. The molecule has 1 heterocycles. The number of nitriles is 1. The van der Waals surface area contributed by atoms with E-state index in [1.54, 1.807) is 11.0 Å². The normalized spacial score (nSPS) is 19.9. The molecule has 1 aliphatic carbocycles. The molecule has 1 aromatic heterocycles. The van der Waals surface area contributed by atoms with Crippen LogP contribution in [0.25, 0.3) is 0 Å². The molecular formula is C19H27IN4O3. The van der Waals surface area contributed by atoms with Gasteiger partial charge in [0.1, 0.15) is 17.5 Å². The second-order valence-electron chi connectivity index (χ2n) is 7.69. The lowest BCUT2D eigenvalue weighted by Gasteiger charge is -2.42. The molecule has 148 valence electrons. The molecule has 2 N–H and O–H groups in total. The summed E-state index contributed by atoms with van der Waals surface area (Å²) in [7, 11) is 0. The average Bonchev–Trinajstić information content (AvgIpc) is 2.57. The van der Waals surface area contributed by atoms with Crippen molar-refractivity contribution in [3.63, 3.8) is 0 Å². The van der Waals surface area contributed by atoms with Gasteiger partial charge in [-0.25, -0.2) is 4.79 Å². The van der Waals surface area contributed by atoms with Gasteiger partial charge in [0, 0.05) is 17.6 Å². The first-order valence-corrected chi connectivity index (χ1v) is 10.3. The highest BCUT2D eigenvalue weighted by atomic mass is 127. The summed E-state index contributed by atoms with van der Waals surface area (Å²) in [6.45, 7) is 8.11. The lowest BCUT2D eigenvalue weighted by Crippen LogP contribution is -2.52. The number of hydrogen-bond acceptors (Lipinski definition) is 5. The van der Waals surface area contributed by atoms with E-state index in [-0.39, 0.29) is 12.1 Å². The molecule has 0 radical (unpaired) electrons. The summed E-state index contributed by atoms with van der Waals surface area (Å²) in [5.41, 5.74) is 0.0190. The van der Waals surface area contributed by atoms with E-state index in [4.69, 9.17) is 4.74 Å². The highest BCUT2D eigenvalue weighted by molar-refractivity contribution is 14.1. The van der Waals surface area contributed by atoms with E-state index in [2.05, 4.69) is 39.0 Å². The van der Waals surface area contributed by atoms with Crippen LogP contribution in [0.5, 0.6) is 5.88 Å². The van der Waals surface area contributed by atoms with Gasteiger partial charge in [-0.15, -0.1) is 0 Å². The van der Waals surface area contributed by atoms with E-state index in [9.17, 15) is 15.2 Å². The highest BCUT2D eigenvalue weighted by Crippen LogP contribution is 2.31. The first-order valence-electron chi connectivity index (χ1n) is 9.19. The molecule has 0 aromatic carbocycles. The predicted octanol–water partition coefficient (Wildman–Crippen LogP) is 4.46. The lowest BCUT2D eigenvalue weighted by atomic mass is 9.88. The van der Waals surface area contributed by atoms with Crippen molar-refractivity contribution in [2.75, 3.05) is 11.9 Å². The van der Waals surface area contributed by atoms with Crippen LogP contribution in [0.2, 0.25) is 0 Å². The summed E-state index contributed by atoms with van der Waals surface area (Å²) >= 11 is 2.17. The maximum Gasteiger partial charge on any atom is 0.407 e. The monoisotopic (exact) mass is 486 g/mol. The molecule has 0 atom stereocenters. The van der Waals surface area contributed by atoms with Crippen LogP contribution in [0, 0.1) is 14.9 Å². The van der Waals surface area contributed by atoms with E-state index in [0.29, 0.717) is 23.9 Å². The van der Waals surface area contributed by atoms with Gasteiger partial charge >= 0.3 is 6.09 Å². The molecule has 1 fully saturated rings. The fourth-order valence-corrected chi connectivity index (χ4v) is 4.15. The molecule has 1 aromatic rings. The van der Waals surface area contributed by atoms with E-state index in [1.165, 1.54) is 0 Å². The van der Waals surface area contributed by atoms with Crippen molar-refractivity contribution in [1.29, 1.82) is 5.26 Å². The van der Waals surface area contributed by atoms with Crippen LogP contribution in [0.1, 0.15) is 58.9 Å². The van der Waals surface area contributed by atoms with Gasteiger partial charge < -0.3 is 20.1 Å². The minimum Gasteiger partial charge on any atom is -0.477 e. The Morgan fingerprint density at radius 3 is 2.56 bits per heavy atom. The highest BCUT2D eigenvalue weighted by Gasteiger charge is 2.35. The number of carbonyl (C=O) groups is 1. The molecule has 0 unspecified atom stereocenters. The Hall–Kier alpha value is -1.76. The number of nitrogens with zero attached hydrogens (tertiary/aromatic N) is 3. The number of pyridine rings is 1. The van der Waals surface area contributed by atoms with Gasteiger partial charge in [0.25, 0.3) is 0 Å². The third kappa shape index (κ3) is 5.37. The van der Waals surface area contributed by atoms with Crippen LogP contribution in [0.15, 0.2) is 6.07 Å². The fourth-order valence-electron chi connectivity index (χ4n) is 3.56. The quantitative estimate of drug-likeness (QED) is 0.597. The molecule has 1 saturated carbocycles. The molecule has 7 nitrogen and oxygen atoms in total. The largest absolute Gasteiger partial charge is 0.477 e. The first kappa shape index (κ1) is 21.5. The number of nitrogens with one attached hydrogen (secondary N) is 1. The smallest absolute Gasteiger partial charge is 0.407 e. The molecule has 0 spiro atoms. The molecule has 0 bridgehead atoms. The Morgan fingerprint density at radius 2 is 2.07 bits per heavy atom. The predicted molar refractivity (Wildman–Crippen MR) is 112 cm³/mol. The third-order valence-corrected chi connectivity index (χ3v) is 5.50. The van der Waals surface area contributed by atoms with Crippen LogP contribution in [-0.2, 0) is 0 Å². The Morgan fingerprint density at radius 1 is 1.44 bits per heavy atom. The number of ether oxygens (including phenoxy) is 1. The lowest BCUT2D eigenvalue weighted by molar-refractivity contribution is 0.0556. The number of halogens is 1. The Kier molecular flexibility index (Phi) is 7.14. The van der Waals surface area contributed by atoms with Crippen molar-refractivity contribution in [2.24, 2.45) is 0 Å². The van der Waals surface area contributed by atoms with Crippen LogP contribution >= 0.6 is 22.6 Å². The minimum atomic E-state index is -0.858. The van der Waals surface area contributed by atoms with Crippen molar-refractivity contribution >= 4 is 34.5 Å². The fraction of sp³-hybridized carbons (Fsp3) is 0.632. The average molecular weight is 486 g/mol. The Labute approximate surface area is 174 Å². The van der Waals surface area contributed by atoms with Gasteiger partial charge in [0.2, 0.25) is 5.88 Å². The summed E-state index contributed by atoms with van der Waals surface area (Å²) in [5.74, 6) is 1.06. The van der Waals surface area contributed by atoms with Crippen molar-refractivity contribution < 1.29 is 14.6 Å². The second-order valence-corrected chi connectivity index (χ2v) is 8.85. The second kappa shape index (κ2) is 8.95. The number of amides is 1. The molecule has 1 aliphatic rings. The maximum atomic E-state index is 11.7. The van der Waals surface area contributed by atoms with Crippen molar-refractivity contribution in [3.05, 3.63) is 15.2 Å². The topological polar surface area (TPSA) is 98.5 Å². The van der Waals surface area contributed by atoms with Gasteiger partial charge in [0.05, 0.1) is 10.2 Å². The number of anilines is 1. The molecule has 0 saturated heterocycles. The zero-order valence-electron chi connectivity index (χ0n) is 16.3. The van der Waals surface area contributed by atoms with Crippen molar-refractivity contribution in [1.82, 2.24) is 9.88 Å². The van der Waals surface area contributed by atoms with E-state index < -0.39 is 11.6 Å². The zero-order valence-corrected chi connectivity index (χ0v) is 18.4. The van der Waals surface area contributed by atoms with Crippen molar-refractivity contribution in [2.45, 2.75) is 71.0 Å². The summed E-state index contributed by atoms with van der Waals surface area (Å²) in [5, 5.41) is 22.3. The van der Waals surface area contributed by atoms with Gasteiger partial charge in [-0.05, 0) is 82.0 Å². The van der Waals surface area contributed by atoms with Crippen LogP contribution in [0.4, 0.5) is 10.6 Å². The standard InChI is InChI=1S/C19H27IN4O3/c1-5-27-17-12(11-21)10-15(20)16(23-17)22-13-6-8-14(9-7-13)24(18(25)26)19(2,3)4/h10,13-14H,5-9H2,1-4H3,(H,22,23)(H,25,26). The Bertz CT molecular complexity index is 719. The molecule has 0 aliphatic heterocycles. The van der Waals surface area contributed by atoms with E-state index >= 15 is 0 Å². The Balaban J connectivity index is 2.07. The minimum absolute atomic E-state index is 0.0348. The summed E-state index contributed by atoms with van der Waals surface area (Å²) in [4.78, 5) is 17.7. The summed E-state index contributed by atoms with van der Waals surface area (Å²) in [6.07, 6.45) is 2.50. The van der Waals surface area contributed by atoms with Gasteiger partial charge in [-0.2, -0.15) is 10.2 Å². The van der Waals surface area contributed by atoms with E-state index in [1.807, 2.05) is 27.7 Å². The first-order chi connectivity index (χ1) is 12.7.